The summed E-state index contributed by atoms with van der Waals surface area (Å²) in [5.41, 5.74) is 1.36. The van der Waals surface area contributed by atoms with E-state index in [9.17, 15) is 0 Å². The molecule has 1 N–H and O–H groups in total. The van der Waals surface area contributed by atoms with Gasteiger partial charge in [-0.3, -0.25) is 0 Å². The highest BCUT2D eigenvalue weighted by molar-refractivity contribution is 7.10. The number of ether oxygens (including phenoxy) is 1. The van der Waals surface area contributed by atoms with Crippen molar-refractivity contribution in [1.29, 1.82) is 0 Å². The molecule has 0 saturated carbocycles. The van der Waals surface area contributed by atoms with E-state index in [1.807, 2.05) is 11.3 Å². The molecule has 1 saturated heterocycles. The predicted octanol–water partition coefficient (Wildman–Crippen LogP) is 2.89. The van der Waals surface area contributed by atoms with Gasteiger partial charge >= 0.3 is 0 Å². The molecule has 2 unspecified atom stereocenters. The lowest BCUT2D eigenvalue weighted by molar-refractivity contribution is 0.0684. The Hall–Kier alpha value is -0.380. The minimum atomic E-state index is 0.265. The van der Waals surface area contributed by atoms with Crippen LogP contribution >= 0.6 is 11.3 Å². The molecule has 2 atom stereocenters. The van der Waals surface area contributed by atoms with Crippen LogP contribution < -0.4 is 5.32 Å². The third kappa shape index (κ3) is 2.60. The van der Waals surface area contributed by atoms with Crippen LogP contribution in [0.2, 0.25) is 0 Å². The first-order valence-electron chi connectivity index (χ1n) is 5.70. The number of nitrogens with one attached hydrogen (secondary N) is 1. The molecule has 3 heteroatoms. The summed E-state index contributed by atoms with van der Waals surface area (Å²) in [4.78, 5) is 1.39. The zero-order valence-electron chi connectivity index (χ0n) is 9.45. The van der Waals surface area contributed by atoms with Crippen molar-refractivity contribution in [2.24, 2.45) is 0 Å². The third-order valence-electron chi connectivity index (χ3n) is 3.06. The molecule has 0 bridgehead atoms. The van der Waals surface area contributed by atoms with Gasteiger partial charge in [0.25, 0.3) is 0 Å². The van der Waals surface area contributed by atoms with Gasteiger partial charge in [-0.1, -0.05) is 6.92 Å². The molecule has 0 amide bonds. The van der Waals surface area contributed by atoms with Crippen molar-refractivity contribution < 1.29 is 4.74 Å². The van der Waals surface area contributed by atoms with E-state index in [0.717, 1.165) is 19.6 Å². The molecule has 0 spiro atoms. The van der Waals surface area contributed by atoms with Gasteiger partial charge in [0.1, 0.15) is 6.10 Å². The molecule has 0 aromatic carbocycles. The lowest BCUT2D eigenvalue weighted by Crippen LogP contribution is -2.29. The first kappa shape index (κ1) is 11.1. The van der Waals surface area contributed by atoms with Crippen molar-refractivity contribution >= 4 is 11.3 Å². The first-order chi connectivity index (χ1) is 7.31. The molecule has 15 heavy (non-hydrogen) atoms. The number of hydrogen-bond acceptors (Lipinski definition) is 3. The average molecular weight is 225 g/mol. The molecule has 1 fully saturated rings. The molecule has 84 valence electrons. The molecule has 2 rings (SSSR count). The molecule has 1 aliphatic rings. The standard InChI is InChI=1S/C12H19NOS/c1-3-10-4-6-14-11(8-13-10)12-9(2)5-7-15-12/h5,7,10-11,13H,3-4,6,8H2,1-2H3. The largest absolute Gasteiger partial charge is 0.371 e. The van der Waals surface area contributed by atoms with Gasteiger partial charge in [0.05, 0.1) is 0 Å². The first-order valence-corrected chi connectivity index (χ1v) is 6.58. The Morgan fingerprint density at radius 1 is 1.60 bits per heavy atom. The van der Waals surface area contributed by atoms with Gasteiger partial charge in [0, 0.05) is 24.1 Å². The summed E-state index contributed by atoms with van der Waals surface area (Å²) < 4.78 is 5.91. The van der Waals surface area contributed by atoms with Crippen LogP contribution in [0.1, 0.15) is 36.3 Å². The lowest BCUT2D eigenvalue weighted by Gasteiger charge is -2.15. The van der Waals surface area contributed by atoms with Gasteiger partial charge in [0.2, 0.25) is 0 Å². The number of aryl methyl sites for hydroxylation is 1. The smallest absolute Gasteiger partial charge is 0.104 e. The summed E-state index contributed by atoms with van der Waals surface area (Å²) in [6.07, 6.45) is 2.60. The van der Waals surface area contributed by atoms with Crippen molar-refractivity contribution in [2.75, 3.05) is 13.2 Å². The van der Waals surface area contributed by atoms with E-state index in [1.54, 1.807) is 0 Å². The molecule has 0 radical (unpaired) electrons. The van der Waals surface area contributed by atoms with Gasteiger partial charge in [0.15, 0.2) is 0 Å². The summed E-state index contributed by atoms with van der Waals surface area (Å²) in [5, 5.41) is 5.73. The van der Waals surface area contributed by atoms with E-state index in [4.69, 9.17) is 4.74 Å². The normalized spacial score (nSPS) is 27.6. The van der Waals surface area contributed by atoms with Crippen molar-refractivity contribution in [3.63, 3.8) is 0 Å². The number of hydrogen-bond donors (Lipinski definition) is 1. The summed E-state index contributed by atoms with van der Waals surface area (Å²) in [7, 11) is 0. The van der Waals surface area contributed by atoms with Gasteiger partial charge in [-0.2, -0.15) is 0 Å². The van der Waals surface area contributed by atoms with Crippen molar-refractivity contribution in [1.82, 2.24) is 5.32 Å². The highest BCUT2D eigenvalue weighted by Gasteiger charge is 2.20. The lowest BCUT2D eigenvalue weighted by atomic mass is 10.1. The van der Waals surface area contributed by atoms with Crippen molar-refractivity contribution in [2.45, 2.75) is 38.8 Å². The quantitative estimate of drug-likeness (QED) is 0.835. The Morgan fingerprint density at radius 2 is 2.47 bits per heavy atom. The fraction of sp³-hybridized carbons (Fsp3) is 0.667. The minimum absolute atomic E-state index is 0.265. The maximum absolute atomic E-state index is 5.91. The molecule has 1 aromatic heterocycles. The summed E-state index contributed by atoms with van der Waals surface area (Å²) in [6.45, 7) is 6.24. The van der Waals surface area contributed by atoms with Crippen LogP contribution in [0.15, 0.2) is 11.4 Å². The predicted molar refractivity (Wildman–Crippen MR) is 64.4 cm³/mol. The fourth-order valence-electron chi connectivity index (χ4n) is 2.02. The SMILES string of the molecule is CCC1CCOC(c2sccc2C)CN1. The molecule has 2 nitrogen and oxygen atoms in total. The second-order valence-electron chi connectivity index (χ2n) is 4.13. The van der Waals surface area contributed by atoms with Crippen LogP contribution in [-0.2, 0) is 4.74 Å². The topological polar surface area (TPSA) is 21.3 Å². The second kappa shape index (κ2) is 5.10. The van der Waals surface area contributed by atoms with Crippen LogP contribution in [0, 0.1) is 6.92 Å². The maximum atomic E-state index is 5.91. The van der Waals surface area contributed by atoms with E-state index < -0.39 is 0 Å². The molecule has 1 aromatic rings. The minimum Gasteiger partial charge on any atom is -0.371 e. The van der Waals surface area contributed by atoms with E-state index in [0.29, 0.717) is 6.04 Å². The van der Waals surface area contributed by atoms with E-state index >= 15 is 0 Å². The zero-order valence-corrected chi connectivity index (χ0v) is 10.3. The Morgan fingerprint density at radius 3 is 3.13 bits per heavy atom. The third-order valence-corrected chi connectivity index (χ3v) is 4.18. The fourth-order valence-corrected chi connectivity index (χ4v) is 2.99. The Balaban J connectivity index is 2.02. The summed E-state index contributed by atoms with van der Waals surface area (Å²) in [6, 6.07) is 2.81. The Labute approximate surface area is 95.6 Å². The van der Waals surface area contributed by atoms with Gasteiger partial charge < -0.3 is 10.1 Å². The monoisotopic (exact) mass is 225 g/mol. The summed E-state index contributed by atoms with van der Waals surface area (Å²) in [5.74, 6) is 0. The van der Waals surface area contributed by atoms with Crippen LogP contribution in [0.4, 0.5) is 0 Å². The Bertz CT molecular complexity index is 310. The van der Waals surface area contributed by atoms with Crippen molar-refractivity contribution in [3.05, 3.63) is 21.9 Å². The second-order valence-corrected chi connectivity index (χ2v) is 5.08. The van der Waals surface area contributed by atoms with Crippen LogP contribution in [0.5, 0.6) is 0 Å². The van der Waals surface area contributed by atoms with E-state index in [1.165, 1.54) is 16.9 Å². The molecule has 2 heterocycles. The van der Waals surface area contributed by atoms with Crippen LogP contribution in [-0.4, -0.2) is 19.2 Å². The highest BCUT2D eigenvalue weighted by atomic mass is 32.1. The number of rotatable bonds is 2. The van der Waals surface area contributed by atoms with Crippen molar-refractivity contribution in [3.8, 4) is 0 Å². The molecular formula is C12H19NOS. The Kier molecular flexibility index (Phi) is 3.78. The molecule has 0 aliphatic carbocycles. The van der Waals surface area contributed by atoms with E-state index in [-0.39, 0.29) is 6.10 Å². The van der Waals surface area contributed by atoms with Crippen LogP contribution in [0.25, 0.3) is 0 Å². The maximum Gasteiger partial charge on any atom is 0.104 e. The zero-order chi connectivity index (χ0) is 10.7. The highest BCUT2D eigenvalue weighted by Crippen LogP contribution is 2.27. The van der Waals surface area contributed by atoms with Gasteiger partial charge in [-0.05, 0) is 36.8 Å². The van der Waals surface area contributed by atoms with Gasteiger partial charge in [-0.15, -0.1) is 11.3 Å². The molecule has 1 aliphatic heterocycles. The van der Waals surface area contributed by atoms with Crippen LogP contribution in [0.3, 0.4) is 0 Å². The summed E-state index contributed by atoms with van der Waals surface area (Å²) >= 11 is 1.81. The van der Waals surface area contributed by atoms with Gasteiger partial charge in [-0.25, -0.2) is 0 Å². The number of thiophene rings is 1. The van der Waals surface area contributed by atoms with E-state index in [2.05, 4.69) is 30.6 Å². The molecular weight excluding hydrogens is 206 g/mol. The average Bonchev–Trinajstić information content (AvgIpc) is 2.54.